The zero-order valence-corrected chi connectivity index (χ0v) is 10.6. The Morgan fingerprint density at radius 1 is 1.61 bits per heavy atom. The maximum atomic E-state index is 13.2. The van der Waals surface area contributed by atoms with Crippen molar-refractivity contribution in [2.24, 2.45) is 5.92 Å². The van der Waals surface area contributed by atoms with Crippen molar-refractivity contribution < 1.29 is 8.78 Å². The summed E-state index contributed by atoms with van der Waals surface area (Å²) in [5, 5.41) is 10.0. The first kappa shape index (κ1) is 13.4. The molecule has 0 amide bonds. The number of halogens is 2. The van der Waals surface area contributed by atoms with Gasteiger partial charge in [0.1, 0.15) is 12.2 Å². The van der Waals surface area contributed by atoms with Crippen molar-refractivity contribution in [1.82, 2.24) is 20.5 Å². The number of hydrogen-bond donors (Lipinski definition) is 2. The van der Waals surface area contributed by atoms with Gasteiger partial charge in [0.15, 0.2) is 0 Å². The van der Waals surface area contributed by atoms with Crippen molar-refractivity contribution in [2.75, 3.05) is 6.54 Å². The molecule has 0 saturated heterocycles. The van der Waals surface area contributed by atoms with Gasteiger partial charge in [-0.25, -0.2) is 13.8 Å². The molecule has 0 aromatic carbocycles. The number of H-pyrrole nitrogens is 1. The van der Waals surface area contributed by atoms with Crippen LogP contribution in [0, 0.1) is 5.92 Å². The zero-order chi connectivity index (χ0) is 13.0. The van der Waals surface area contributed by atoms with Crippen molar-refractivity contribution >= 4 is 0 Å². The van der Waals surface area contributed by atoms with Crippen molar-refractivity contribution in [2.45, 2.75) is 51.0 Å². The van der Waals surface area contributed by atoms with Gasteiger partial charge in [0, 0.05) is 12.8 Å². The average molecular weight is 258 g/mol. The van der Waals surface area contributed by atoms with Gasteiger partial charge in [0.25, 0.3) is 0 Å². The Bertz CT molecular complexity index is 353. The van der Waals surface area contributed by atoms with E-state index < -0.39 is 5.92 Å². The third-order valence-corrected chi connectivity index (χ3v) is 3.48. The van der Waals surface area contributed by atoms with E-state index >= 15 is 0 Å². The number of nitrogens with zero attached hydrogens (tertiary/aromatic N) is 2. The quantitative estimate of drug-likeness (QED) is 0.824. The summed E-state index contributed by atoms with van der Waals surface area (Å²) in [6.45, 7) is 2.93. The molecular weight excluding hydrogens is 238 g/mol. The predicted octanol–water partition coefficient (Wildman–Crippen LogP) is 2.67. The third-order valence-electron chi connectivity index (χ3n) is 3.48. The van der Waals surface area contributed by atoms with E-state index in [-0.39, 0.29) is 24.8 Å². The van der Waals surface area contributed by atoms with Crippen LogP contribution in [0.3, 0.4) is 0 Å². The summed E-state index contributed by atoms with van der Waals surface area (Å²) in [7, 11) is 0. The fraction of sp³-hybridized carbons (Fsp3) is 0.833. The van der Waals surface area contributed by atoms with E-state index in [0.717, 1.165) is 18.8 Å². The first-order valence-electron chi connectivity index (χ1n) is 6.57. The largest absolute Gasteiger partial charge is 0.307 e. The molecule has 2 N–H and O–H groups in total. The van der Waals surface area contributed by atoms with Crippen molar-refractivity contribution in [1.29, 1.82) is 0 Å². The van der Waals surface area contributed by atoms with Gasteiger partial charge in [-0.2, -0.15) is 5.10 Å². The normalized spacial score (nSPS) is 24.3. The van der Waals surface area contributed by atoms with Crippen LogP contribution in [0.15, 0.2) is 6.33 Å². The fourth-order valence-corrected chi connectivity index (χ4v) is 2.57. The Labute approximate surface area is 106 Å². The molecule has 1 aliphatic carbocycles. The number of hydrogen-bond acceptors (Lipinski definition) is 3. The molecule has 2 unspecified atom stereocenters. The van der Waals surface area contributed by atoms with Crippen molar-refractivity contribution in [3.05, 3.63) is 12.2 Å². The second kappa shape index (κ2) is 5.73. The molecule has 1 aliphatic rings. The summed E-state index contributed by atoms with van der Waals surface area (Å²) in [5.74, 6) is -1.65. The number of aromatic amines is 1. The Hall–Kier alpha value is -1.04. The highest BCUT2D eigenvalue weighted by Gasteiger charge is 2.40. The number of nitrogens with one attached hydrogen (secondary N) is 2. The minimum atomic E-state index is -2.47. The van der Waals surface area contributed by atoms with Gasteiger partial charge in [-0.15, -0.1) is 0 Å². The molecule has 1 fully saturated rings. The topological polar surface area (TPSA) is 53.6 Å². The molecule has 1 aromatic rings. The molecule has 0 radical (unpaired) electrons. The SMILES string of the molecule is CCCNC(CC1CCC(F)(F)C1)c1ncn[nH]1. The molecule has 6 heteroatoms. The van der Waals surface area contributed by atoms with E-state index in [4.69, 9.17) is 0 Å². The molecular formula is C12H20F2N4. The lowest BCUT2D eigenvalue weighted by Gasteiger charge is -2.19. The van der Waals surface area contributed by atoms with Crippen LogP contribution in [-0.2, 0) is 0 Å². The predicted molar refractivity (Wildman–Crippen MR) is 64.3 cm³/mol. The highest BCUT2D eigenvalue weighted by Crippen LogP contribution is 2.42. The van der Waals surface area contributed by atoms with Crippen LogP contribution in [-0.4, -0.2) is 27.6 Å². The van der Waals surface area contributed by atoms with E-state index in [1.54, 1.807) is 0 Å². The fourth-order valence-electron chi connectivity index (χ4n) is 2.57. The molecule has 2 atom stereocenters. The van der Waals surface area contributed by atoms with Crippen LogP contribution in [0.1, 0.15) is 50.9 Å². The lowest BCUT2D eigenvalue weighted by molar-refractivity contribution is 0.00426. The second-order valence-corrected chi connectivity index (χ2v) is 5.08. The van der Waals surface area contributed by atoms with Crippen molar-refractivity contribution in [3.63, 3.8) is 0 Å². The van der Waals surface area contributed by atoms with Crippen LogP contribution in [0.5, 0.6) is 0 Å². The summed E-state index contributed by atoms with van der Waals surface area (Å²) >= 11 is 0. The zero-order valence-electron chi connectivity index (χ0n) is 10.6. The maximum Gasteiger partial charge on any atom is 0.248 e. The summed E-state index contributed by atoms with van der Waals surface area (Å²) in [6, 6.07) is 0.00588. The van der Waals surface area contributed by atoms with Crippen LogP contribution in [0.25, 0.3) is 0 Å². The molecule has 18 heavy (non-hydrogen) atoms. The van der Waals surface area contributed by atoms with E-state index in [2.05, 4.69) is 27.4 Å². The standard InChI is InChI=1S/C12H20F2N4/c1-2-5-15-10(11-16-8-17-18-11)6-9-3-4-12(13,14)7-9/h8-10,15H,2-7H2,1H3,(H,16,17,18). The van der Waals surface area contributed by atoms with Crippen molar-refractivity contribution in [3.8, 4) is 0 Å². The monoisotopic (exact) mass is 258 g/mol. The highest BCUT2D eigenvalue weighted by atomic mass is 19.3. The average Bonchev–Trinajstić information content (AvgIpc) is 2.94. The van der Waals surface area contributed by atoms with Crippen LogP contribution in [0.4, 0.5) is 8.78 Å². The summed E-state index contributed by atoms with van der Waals surface area (Å²) < 4.78 is 26.4. The number of aromatic nitrogens is 3. The molecule has 1 saturated carbocycles. The number of rotatable bonds is 6. The van der Waals surface area contributed by atoms with Gasteiger partial charge in [-0.05, 0) is 31.7 Å². The number of alkyl halides is 2. The summed E-state index contributed by atoms with van der Waals surface area (Å²) in [4.78, 5) is 4.13. The first-order valence-corrected chi connectivity index (χ1v) is 6.57. The Balaban J connectivity index is 1.93. The molecule has 1 heterocycles. The molecule has 102 valence electrons. The Morgan fingerprint density at radius 3 is 3.00 bits per heavy atom. The van der Waals surface area contributed by atoms with Gasteiger partial charge >= 0.3 is 0 Å². The third kappa shape index (κ3) is 3.48. The molecule has 4 nitrogen and oxygen atoms in total. The Kier molecular flexibility index (Phi) is 4.27. The van der Waals surface area contributed by atoms with Crippen LogP contribution >= 0.6 is 0 Å². The van der Waals surface area contributed by atoms with E-state index in [1.165, 1.54) is 6.33 Å². The van der Waals surface area contributed by atoms with E-state index in [1.807, 2.05) is 0 Å². The second-order valence-electron chi connectivity index (χ2n) is 5.08. The van der Waals surface area contributed by atoms with Gasteiger partial charge in [0.2, 0.25) is 5.92 Å². The lowest BCUT2D eigenvalue weighted by atomic mass is 9.97. The smallest absolute Gasteiger partial charge is 0.248 e. The van der Waals surface area contributed by atoms with Gasteiger partial charge in [-0.1, -0.05) is 6.92 Å². The molecule has 2 rings (SSSR count). The van der Waals surface area contributed by atoms with E-state index in [0.29, 0.717) is 12.8 Å². The molecule has 0 aliphatic heterocycles. The van der Waals surface area contributed by atoms with E-state index in [9.17, 15) is 8.78 Å². The summed E-state index contributed by atoms with van der Waals surface area (Å²) in [6.07, 6.45) is 3.79. The van der Waals surface area contributed by atoms with Gasteiger partial charge in [0.05, 0.1) is 6.04 Å². The minimum Gasteiger partial charge on any atom is -0.307 e. The summed E-state index contributed by atoms with van der Waals surface area (Å²) in [5.41, 5.74) is 0. The van der Waals surface area contributed by atoms with Gasteiger partial charge in [-0.3, -0.25) is 5.10 Å². The minimum absolute atomic E-state index is 0.00540. The molecule has 0 bridgehead atoms. The first-order chi connectivity index (χ1) is 8.61. The van der Waals surface area contributed by atoms with Crippen LogP contribution in [0.2, 0.25) is 0 Å². The lowest BCUT2D eigenvalue weighted by Crippen LogP contribution is -2.25. The van der Waals surface area contributed by atoms with Gasteiger partial charge < -0.3 is 5.32 Å². The maximum absolute atomic E-state index is 13.2. The van der Waals surface area contributed by atoms with Crippen LogP contribution < -0.4 is 5.32 Å². The highest BCUT2D eigenvalue weighted by molar-refractivity contribution is 4.94. The Morgan fingerprint density at radius 2 is 2.44 bits per heavy atom. The molecule has 0 spiro atoms. The molecule has 1 aromatic heterocycles.